The molecule has 2 aliphatic heterocycles. The van der Waals surface area contributed by atoms with Crippen molar-refractivity contribution in [2.24, 2.45) is 0 Å². The lowest BCUT2D eigenvalue weighted by Gasteiger charge is -2.29. The van der Waals surface area contributed by atoms with Crippen LogP contribution in [0.3, 0.4) is 0 Å². The van der Waals surface area contributed by atoms with E-state index in [1.807, 2.05) is 0 Å². The van der Waals surface area contributed by atoms with E-state index < -0.39 is 6.61 Å². The average Bonchev–Trinajstić information content (AvgIpc) is 3.08. The van der Waals surface area contributed by atoms with Gasteiger partial charge >= 0.3 is 6.61 Å². The molecule has 0 bridgehead atoms. The molecule has 114 valence electrons. The Hall–Kier alpha value is -1.73. The predicted molar refractivity (Wildman–Crippen MR) is 69.9 cm³/mol. The van der Waals surface area contributed by atoms with Crippen molar-refractivity contribution in [2.45, 2.75) is 25.2 Å². The minimum atomic E-state index is -2.84. The van der Waals surface area contributed by atoms with E-state index in [0.29, 0.717) is 13.2 Å². The molecule has 0 aromatic heterocycles. The highest BCUT2D eigenvalue weighted by Crippen LogP contribution is 2.29. The summed E-state index contributed by atoms with van der Waals surface area (Å²) in [6.07, 6.45) is 0.570. The highest BCUT2D eigenvalue weighted by molar-refractivity contribution is 5.81. The first-order valence-electron chi connectivity index (χ1n) is 6.82. The topological polar surface area (TPSA) is 50.8 Å². The fourth-order valence-electron chi connectivity index (χ4n) is 2.78. The predicted octanol–water partition coefficient (Wildman–Crippen LogP) is 1.51. The monoisotopic (exact) mass is 298 g/mol. The van der Waals surface area contributed by atoms with Crippen LogP contribution in [0.25, 0.3) is 0 Å². The second-order valence-electron chi connectivity index (χ2n) is 5.05. The third-order valence-corrected chi connectivity index (χ3v) is 3.73. The third-order valence-electron chi connectivity index (χ3n) is 3.73. The lowest BCUT2D eigenvalue weighted by atomic mass is 10.1. The van der Waals surface area contributed by atoms with Crippen molar-refractivity contribution in [3.05, 3.63) is 29.8 Å². The van der Waals surface area contributed by atoms with Crippen LogP contribution >= 0.6 is 0 Å². The maximum absolute atomic E-state index is 12.1. The Labute approximate surface area is 120 Å². The molecule has 5 nitrogen and oxygen atoms in total. The van der Waals surface area contributed by atoms with Crippen LogP contribution in [0.5, 0.6) is 5.75 Å². The molecule has 0 aliphatic carbocycles. The second-order valence-corrected chi connectivity index (χ2v) is 5.05. The van der Waals surface area contributed by atoms with Crippen LogP contribution in [0.2, 0.25) is 0 Å². The molecule has 2 fully saturated rings. The number of ether oxygens (including phenoxy) is 2. The summed E-state index contributed by atoms with van der Waals surface area (Å²) in [4.78, 5) is 13.8. The van der Waals surface area contributed by atoms with E-state index in [2.05, 4.69) is 10.1 Å². The Morgan fingerprint density at radius 2 is 2.10 bits per heavy atom. The molecule has 0 saturated carbocycles. The van der Waals surface area contributed by atoms with Crippen LogP contribution in [0.1, 0.15) is 18.2 Å². The van der Waals surface area contributed by atoms with E-state index in [-0.39, 0.29) is 30.4 Å². The number of alkyl halides is 2. The molecule has 2 unspecified atom stereocenters. The molecule has 21 heavy (non-hydrogen) atoms. The van der Waals surface area contributed by atoms with Crippen LogP contribution in [0, 0.1) is 0 Å². The number of hydrogen-bond acceptors (Lipinski definition) is 4. The molecule has 3 rings (SSSR count). The number of nitrogens with one attached hydrogen (secondary N) is 1. The van der Waals surface area contributed by atoms with Gasteiger partial charge in [0.05, 0.1) is 19.2 Å². The van der Waals surface area contributed by atoms with Gasteiger partial charge in [-0.15, -0.1) is 0 Å². The van der Waals surface area contributed by atoms with Crippen LogP contribution in [-0.4, -0.2) is 43.2 Å². The molecule has 2 atom stereocenters. The Bertz CT molecular complexity index is 503. The van der Waals surface area contributed by atoms with Crippen LogP contribution in [0.15, 0.2) is 24.3 Å². The summed E-state index contributed by atoms with van der Waals surface area (Å²) >= 11 is 0. The van der Waals surface area contributed by atoms with Crippen molar-refractivity contribution in [1.82, 2.24) is 10.2 Å². The van der Waals surface area contributed by atoms with Crippen molar-refractivity contribution in [3.63, 3.8) is 0 Å². The fraction of sp³-hybridized carbons (Fsp3) is 0.500. The van der Waals surface area contributed by atoms with E-state index >= 15 is 0 Å². The SMILES string of the molecule is O=C1CNC(c2ccc(OC(F)F)cc2)N1C1CCOC1. The second kappa shape index (κ2) is 5.95. The maximum Gasteiger partial charge on any atom is 0.387 e. The third kappa shape index (κ3) is 2.98. The Morgan fingerprint density at radius 3 is 2.71 bits per heavy atom. The van der Waals surface area contributed by atoms with Crippen LogP contribution in [-0.2, 0) is 9.53 Å². The number of carbonyl (C=O) groups is 1. The van der Waals surface area contributed by atoms with E-state index in [1.165, 1.54) is 12.1 Å². The summed E-state index contributed by atoms with van der Waals surface area (Å²) in [5.41, 5.74) is 0.842. The summed E-state index contributed by atoms with van der Waals surface area (Å²) < 4.78 is 33.9. The Balaban J connectivity index is 1.76. The number of amides is 1. The van der Waals surface area contributed by atoms with E-state index in [4.69, 9.17) is 4.74 Å². The van der Waals surface area contributed by atoms with Crippen molar-refractivity contribution < 1.29 is 23.0 Å². The van der Waals surface area contributed by atoms with E-state index in [0.717, 1.165) is 12.0 Å². The van der Waals surface area contributed by atoms with Crippen molar-refractivity contribution in [1.29, 1.82) is 0 Å². The molecular weight excluding hydrogens is 282 g/mol. The van der Waals surface area contributed by atoms with Gasteiger partial charge < -0.3 is 14.4 Å². The number of halogens is 2. The molecular formula is C14H16F2N2O3. The summed E-state index contributed by atoms with van der Waals surface area (Å²) in [7, 11) is 0. The Morgan fingerprint density at radius 1 is 1.33 bits per heavy atom. The molecule has 2 heterocycles. The number of nitrogens with zero attached hydrogens (tertiary/aromatic N) is 1. The first-order valence-corrected chi connectivity index (χ1v) is 6.82. The molecule has 1 N–H and O–H groups in total. The minimum Gasteiger partial charge on any atom is -0.435 e. The summed E-state index contributed by atoms with van der Waals surface area (Å²) in [5.74, 6) is 0.136. The van der Waals surface area contributed by atoms with Crippen molar-refractivity contribution >= 4 is 5.91 Å². The Kier molecular flexibility index (Phi) is 4.03. The zero-order valence-electron chi connectivity index (χ0n) is 11.3. The molecule has 7 heteroatoms. The first kappa shape index (κ1) is 14.2. The van der Waals surface area contributed by atoms with Gasteiger partial charge in [0.15, 0.2) is 0 Å². The fourth-order valence-corrected chi connectivity index (χ4v) is 2.78. The lowest BCUT2D eigenvalue weighted by Crippen LogP contribution is -2.40. The zero-order valence-corrected chi connectivity index (χ0v) is 11.3. The highest BCUT2D eigenvalue weighted by atomic mass is 19.3. The van der Waals surface area contributed by atoms with E-state index in [9.17, 15) is 13.6 Å². The van der Waals surface area contributed by atoms with Gasteiger partial charge in [0.2, 0.25) is 5.91 Å². The highest BCUT2D eigenvalue weighted by Gasteiger charge is 2.38. The summed E-state index contributed by atoms with van der Waals surface area (Å²) in [5, 5.41) is 3.14. The average molecular weight is 298 g/mol. The van der Waals surface area contributed by atoms with Gasteiger partial charge in [0.1, 0.15) is 11.9 Å². The van der Waals surface area contributed by atoms with Crippen molar-refractivity contribution in [3.8, 4) is 5.75 Å². The van der Waals surface area contributed by atoms with Gasteiger partial charge in [-0.1, -0.05) is 12.1 Å². The normalized spacial score (nSPS) is 25.9. The molecule has 0 radical (unpaired) electrons. The van der Waals surface area contributed by atoms with Crippen molar-refractivity contribution in [2.75, 3.05) is 19.8 Å². The quantitative estimate of drug-likeness (QED) is 0.915. The summed E-state index contributed by atoms with van der Waals surface area (Å²) in [6.45, 7) is -1.37. The molecule has 2 saturated heterocycles. The van der Waals surface area contributed by atoms with Gasteiger partial charge in [-0.2, -0.15) is 8.78 Å². The van der Waals surface area contributed by atoms with Crippen LogP contribution in [0.4, 0.5) is 8.78 Å². The van der Waals surface area contributed by atoms with Gasteiger partial charge in [-0.3, -0.25) is 10.1 Å². The van der Waals surface area contributed by atoms with Crippen LogP contribution < -0.4 is 10.1 Å². The van der Waals surface area contributed by atoms with Gasteiger partial charge in [-0.05, 0) is 24.1 Å². The summed E-state index contributed by atoms with van der Waals surface area (Å²) in [6, 6.07) is 6.41. The smallest absolute Gasteiger partial charge is 0.387 e. The largest absolute Gasteiger partial charge is 0.435 e. The maximum atomic E-state index is 12.1. The molecule has 0 spiro atoms. The number of rotatable bonds is 4. The number of carbonyl (C=O) groups excluding carboxylic acids is 1. The first-order chi connectivity index (χ1) is 10.1. The number of hydrogen-bond donors (Lipinski definition) is 1. The zero-order chi connectivity index (χ0) is 14.8. The molecule has 2 aliphatic rings. The van der Waals surface area contributed by atoms with Gasteiger partial charge in [0, 0.05) is 6.61 Å². The van der Waals surface area contributed by atoms with Gasteiger partial charge in [-0.25, -0.2) is 0 Å². The number of benzene rings is 1. The molecule has 1 aromatic carbocycles. The molecule has 1 amide bonds. The molecule has 1 aromatic rings. The van der Waals surface area contributed by atoms with Gasteiger partial charge in [0.25, 0.3) is 0 Å². The standard InChI is InChI=1S/C14H16F2N2O3/c15-14(16)21-11-3-1-9(2-4-11)13-17-7-12(19)18(13)10-5-6-20-8-10/h1-4,10,13-14,17H,5-8H2. The minimum absolute atomic E-state index is 0.0309. The van der Waals surface area contributed by atoms with E-state index in [1.54, 1.807) is 17.0 Å². The lowest BCUT2D eigenvalue weighted by molar-refractivity contribution is -0.130.